The van der Waals surface area contributed by atoms with E-state index in [0.717, 1.165) is 30.1 Å². The number of anilines is 1. The van der Waals surface area contributed by atoms with Crippen molar-refractivity contribution in [3.63, 3.8) is 0 Å². The Labute approximate surface area is 178 Å². The van der Waals surface area contributed by atoms with Crippen molar-refractivity contribution in [1.82, 2.24) is 5.32 Å². The number of carbonyl (C=O) groups excluding carboxylic acids is 1. The average Bonchev–Trinajstić information content (AvgIpc) is 2.68. The maximum absolute atomic E-state index is 12.4. The van der Waals surface area contributed by atoms with Gasteiger partial charge in [0, 0.05) is 35.2 Å². The molecule has 0 aromatic heterocycles. The Hall–Kier alpha value is -1.71. The van der Waals surface area contributed by atoms with Crippen LogP contribution in [-0.2, 0) is 11.2 Å². The highest BCUT2D eigenvalue weighted by Crippen LogP contribution is 2.26. The molecule has 5 heteroatoms. The Kier molecular flexibility index (Phi) is 7.25. The molecule has 1 atom stereocenters. The lowest BCUT2D eigenvalue weighted by Gasteiger charge is -2.32. The van der Waals surface area contributed by atoms with Gasteiger partial charge in [-0.3, -0.25) is 4.79 Å². The molecule has 1 amide bonds. The van der Waals surface area contributed by atoms with Crippen molar-refractivity contribution in [3.05, 3.63) is 63.6 Å². The van der Waals surface area contributed by atoms with Crippen LogP contribution < -0.4 is 10.2 Å². The number of hydrogen-bond donors (Lipinski definition) is 1. The van der Waals surface area contributed by atoms with Crippen LogP contribution in [-0.4, -0.2) is 19.0 Å². The number of piperidine rings is 1. The van der Waals surface area contributed by atoms with Crippen LogP contribution in [0, 0.1) is 5.92 Å². The molecule has 150 valence electrons. The fourth-order valence-electron chi connectivity index (χ4n) is 3.65. The Morgan fingerprint density at radius 1 is 1.11 bits per heavy atom. The molecule has 1 saturated heterocycles. The van der Waals surface area contributed by atoms with Crippen LogP contribution in [0.25, 0.3) is 0 Å². The summed E-state index contributed by atoms with van der Waals surface area (Å²) in [6.07, 6.45) is 3.40. The molecular weight excluding hydrogens is 391 g/mol. The van der Waals surface area contributed by atoms with E-state index >= 15 is 0 Å². The molecule has 1 N–H and O–H groups in total. The molecule has 28 heavy (non-hydrogen) atoms. The van der Waals surface area contributed by atoms with Crippen molar-refractivity contribution in [1.29, 1.82) is 0 Å². The molecular formula is C23H28Cl2N2O. The van der Waals surface area contributed by atoms with Crippen molar-refractivity contribution in [2.75, 3.05) is 18.0 Å². The SMILES string of the molecule is CC1CCN(c2ccc([C@H](C)NC(=O)CCc3c(Cl)cccc3Cl)cc2)CC1. The van der Waals surface area contributed by atoms with Gasteiger partial charge in [0.25, 0.3) is 0 Å². The van der Waals surface area contributed by atoms with Gasteiger partial charge < -0.3 is 10.2 Å². The Balaban J connectivity index is 1.52. The summed E-state index contributed by atoms with van der Waals surface area (Å²) in [4.78, 5) is 14.8. The molecule has 2 aromatic rings. The molecule has 0 aliphatic carbocycles. The van der Waals surface area contributed by atoms with Crippen molar-refractivity contribution in [2.45, 2.75) is 45.6 Å². The summed E-state index contributed by atoms with van der Waals surface area (Å²) < 4.78 is 0. The number of hydrogen-bond acceptors (Lipinski definition) is 2. The van der Waals surface area contributed by atoms with Crippen LogP contribution in [0.4, 0.5) is 5.69 Å². The molecule has 0 unspecified atom stereocenters. The first-order valence-corrected chi connectivity index (χ1v) is 10.8. The first-order chi connectivity index (χ1) is 13.4. The molecule has 0 saturated carbocycles. The summed E-state index contributed by atoms with van der Waals surface area (Å²) in [5.41, 5.74) is 3.20. The van der Waals surface area contributed by atoms with Gasteiger partial charge in [0.05, 0.1) is 6.04 Å². The van der Waals surface area contributed by atoms with E-state index in [-0.39, 0.29) is 11.9 Å². The van der Waals surface area contributed by atoms with E-state index in [1.54, 1.807) is 12.1 Å². The number of nitrogens with one attached hydrogen (secondary N) is 1. The zero-order chi connectivity index (χ0) is 20.1. The van der Waals surface area contributed by atoms with E-state index in [1.807, 2.05) is 13.0 Å². The number of benzene rings is 2. The topological polar surface area (TPSA) is 32.3 Å². The second-order valence-corrected chi connectivity index (χ2v) is 8.56. The Morgan fingerprint density at radius 2 is 1.71 bits per heavy atom. The Morgan fingerprint density at radius 3 is 2.32 bits per heavy atom. The van der Waals surface area contributed by atoms with Gasteiger partial charge in [0.15, 0.2) is 0 Å². The summed E-state index contributed by atoms with van der Waals surface area (Å²) in [7, 11) is 0. The fourth-order valence-corrected chi connectivity index (χ4v) is 4.23. The highest BCUT2D eigenvalue weighted by Gasteiger charge is 2.17. The lowest BCUT2D eigenvalue weighted by Crippen LogP contribution is -2.32. The molecule has 1 aliphatic rings. The van der Waals surface area contributed by atoms with Crippen LogP contribution in [0.3, 0.4) is 0 Å². The van der Waals surface area contributed by atoms with Crippen molar-refractivity contribution < 1.29 is 4.79 Å². The van der Waals surface area contributed by atoms with Crippen molar-refractivity contribution >= 4 is 34.8 Å². The summed E-state index contributed by atoms with van der Waals surface area (Å²) in [5, 5.41) is 4.29. The maximum atomic E-state index is 12.4. The minimum Gasteiger partial charge on any atom is -0.372 e. The van der Waals surface area contributed by atoms with Crippen LogP contribution >= 0.6 is 23.2 Å². The highest BCUT2D eigenvalue weighted by molar-refractivity contribution is 6.36. The van der Waals surface area contributed by atoms with Crippen LogP contribution in [0.5, 0.6) is 0 Å². The van der Waals surface area contributed by atoms with Crippen LogP contribution in [0.15, 0.2) is 42.5 Å². The number of nitrogens with zero attached hydrogens (tertiary/aromatic N) is 1. The third-order valence-corrected chi connectivity index (χ3v) is 6.29. The van der Waals surface area contributed by atoms with Gasteiger partial charge in [0.1, 0.15) is 0 Å². The third kappa shape index (κ3) is 5.42. The lowest BCUT2D eigenvalue weighted by molar-refractivity contribution is -0.121. The second kappa shape index (κ2) is 9.67. The lowest BCUT2D eigenvalue weighted by atomic mass is 9.98. The minimum atomic E-state index is -0.0374. The number of amides is 1. The van der Waals surface area contributed by atoms with Gasteiger partial charge in [-0.1, -0.05) is 48.3 Å². The standard InChI is InChI=1S/C23H28Cl2N2O/c1-16-12-14-27(15-13-16)19-8-6-18(7-9-19)17(2)26-23(28)11-10-20-21(24)4-3-5-22(20)25/h3-9,16-17H,10-15H2,1-2H3,(H,26,28)/t17-/m0/s1. The molecule has 3 nitrogen and oxygen atoms in total. The molecule has 1 aliphatic heterocycles. The second-order valence-electron chi connectivity index (χ2n) is 7.75. The monoisotopic (exact) mass is 418 g/mol. The van der Waals surface area contributed by atoms with E-state index in [1.165, 1.54) is 18.5 Å². The summed E-state index contributed by atoms with van der Waals surface area (Å²) >= 11 is 12.4. The first-order valence-electron chi connectivity index (χ1n) is 10.0. The predicted molar refractivity (Wildman–Crippen MR) is 118 cm³/mol. The van der Waals surface area contributed by atoms with Crippen LogP contribution in [0.2, 0.25) is 10.0 Å². The number of carbonyl (C=O) groups is 1. The number of rotatable bonds is 6. The van der Waals surface area contributed by atoms with Gasteiger partial charge >= 0.3 is 0 Å². The summed E-state index contributed by atoms with van der Waals surface area (Å²) in [6, 6.07) is 13.9. The smallest absolute Gasteiger partial charge is 0.220 e. The van der Waals surface area contributed by atoms with E-state index < -0.39 is 0 Å². The summed E-state index contributed by atoms with van der Waals surface area (Å²) in [5.74, 6) is 0.823. The maximum Gasteiger partial charge on any atom is 0.220 e. The molecule has 3 rings (SSSR count). The molecule has 1 fully saturated rings. The van der Waals surface area contributed by atoms with Gasteiger partial charge in [0.2, 0.25) is 5.91 Å². The largest absolute Gasteiger partial charge is 0.372 e. The van der Waals surface area contributed by atoms with E-state index in [4.69, 9.17) is 23.2 Å². The molecule has 1 heterocycles. The molecule has 0 bridgehead atoms. The Bertz CT molecular complexity index is 778. The highest BCUT2D eigenvalue weighted by atomic mass is 35.5. The minimum absolute atomic E-state index is 0.00224. The zero-order valence-corrected chi connectivity index (χ0v) is 18.1. The van der Waals surface area contributed by atoms with Crippen molar-refractivity contribution in [3.8, 4) is 0 Å². The van der Waals surface area contributed by atoms with Gasteiger partial charge in [-0.05, 0) is 67.5 Å². The third-order valence-electron chi connectivity index (χ3n) is 5.58. The van der Waals surface area contributed by atoms with Gasteiger partial charge in [-0.25, -0.2) is 0 Å². The fraction of sp³-hybridized carbons (Fsp3) is 0.435. The van der Waals surface area contributed by atoms with Gasteiger partial charge in [-0.15, -0.1) is 0 Å². The van der Waals surface area contributed by atoms with E-state index in [2.05, 4.69) is 41.4 Å². The quantitative estimate of drug-likeness (QED) is 0.619. The zero-order valence-electron chi connectivity index (χ0n) is 16.6. The predicted octanol–water partition coefficient (Wildman–Crippen LogP) is 6.04. The van der Waals surface area contributed by atoms with Gasteiger partial charge in [-0.2, -0.15) is 0 Å². The van der Waals surface area contributed by atoms with Crippen LogP contribution in [0.1, 0.15) is 50.3 Å². The normalized spacial score (nSPS) is 16.1. The molecule has 0 radical (unpaired) electrons. The first kappa shape index (κ1) is 21.0. The summed E-state index contributed by atoms with van der Waals surface area (Å²) in [6.45, 7) is 6.58. The molecule has 2 aromatic carbocycles. The van der Waals surface area contributed by atoms with E-state index in [9.17, 15) is 4.79 Å². The average molecular weight is 419 g/mol. The van der Waals surface area contributed by atoms with E-state index in [0.29, 0.717) is 22.9 Å². The number of halogens is 2. The van der Waals surface area contributed by atoms with Crippen molar-refractivity contribution in [2.24, 2.45) is 5.92 Å². The molecule has 0 spiro atoms.